The van der Waals surface area contributed by atoms with Gasteiger partial charge in [-0.25, -0.2) is 0 Å². The molecule has 3 aliphatic rings. The molecule has 2 aliphatic heterocycles. The number of aliphatic carboxylic acids is 1. The fourth-order valence-electron chi connectivity index (χ4n) is 5.53. The number of cyclic esters (lactones) is 1. The highest BCUT2D eigenvalue weighted by Gasteiger charge is 2.54. The van der Waals surface area contributed by atoms with Crippen LogP contribution in [0.3, 0.4) is 0 Å². The lowest BCUT2D eigenvalue weighted by atomic mass is 9.66. The molecule has 11 heteroatoms. The molecule has 0 amide bonds. The monoisotopic (exact) mass is 528 g/mol. The van der Waals surface area contributed by atoms with Gasteiger partial charge in [-0.3, -0.25) is 14.4 Å². The highest BCUT2D eigenvalue weighted by molar-refractivity contribution is 5.79. The van der Waals surface area contributed by atoms with Gasteiger partial charge in [-0.2, -0.15) is 0 Å². The number of carboxylic acid groups (broad SMARTS) is 1. The third kappa shape index (κ3) is 4.42. The van der Waals surface area contributed by atoms with Crippen LogP contribution in [0.2, 0.25) is 0 Å². The molecular weight excluding hydrogens is 500 g/mol. The Bertz CT molecular complexity index is 1240. The molecular formula is C27H28O11. The molecule has 0 spiro atoms. The van der Waals surface area contributed by atoms with Gasteiger partial charge in [-0.1, -0.05) is 0 Å². The van der Waals surface area contributed by atoms with Crippen LogP contribution < -0.4 is 23.7 Å². The van der Waals surface area contributed by atoms with E-state index in [1.807, 2.05) is 0 Å². The van der Waals surface area contributed by atoms with Crippen LogP contribution >= 0.6 is 0 Å². The van der Waals surface area contributed by atoms with E-state index >= 15 is 0 Å². The summed E-state index contributed by atoms with van der Waals surface area (Å²) in [7, 11) is 4.54. The summed E-state index contributed by atoms with van der Waals surface area (Å²) < 4.78 is 39.2. The van der Waals surface area contributed by atoms with Crippen LogP contribution in [0.1, 0.15) is 48.0 Å². The number of hydrogen-bond donors (Lipinski definition) is 1. The summed E-state index contributed by atoms with van der Waals surface area (Å²) in [6.45, 7) is 0.104. The number of rotatable bonds is 9. The van der Waals surface area contributed by atoms with E-state index in [4.69, 9.17) is 38.3 Å². The number of carboxylic acids is 1. The van der Waals surface area contributed by atoms with Gasteiger partial charge in [0.05, 0.1) is 33.9 Å². The average molecular weight is 529 g/mol. The number of carbonyl (C=O) groups is 3. The largest absolute Gasteiger partial charge is 0.493 e. The number of methoxy groups -OCH3 is 3. The van der Waals surface area contributed by atoms with E-state index in [9.17, 15) is 14.4 Å². The van der Waals surface area contributed by atoms with Gasteiger partial charge < -0.3 is 38.3 Å². The van der Waals surface area contributed by atoms with Crippen molar-refractivity contribution in [1.29, 1.82) is 0 Å². The van der Waals surface area contributed by atoms with E-state index < -0.39 is 41.8 Å². The summed E-state index contributed by atoms with van der Waals surface area (Å²) in [6, 6.07) is 7.16. The molecule has 2 aromatic rings. The first-order valence-electron chi connectivity index (χ1n) is 12.2. The molecule has 1 saturated heterocycles. The second-order valence-electron chi connectivity index (χ2n) is 9.25. The summed E-state index contributed by atoms with van der Waals surface area (Å²) in [5, 5.41) is 8.91. The number of hydrogen-bond acceptors (Lipinski definition) is 10. The molecule has 5 rings (SSSR count). The first-order valence-corrected chi connectivity index (χ1v) is 12.2. The maximum Gasteiger partial charge on any atom is 0.310 e. The van der Waals surface area contributed by atoms with Crippen LogP contribution in [0.5, 0.6) is 28.7 Å². The highest BCUT2D eigenvalue weighted by Crippen LogP contribution is 2.56. The molecule has 0 unspecified atom stereocenters. The predicted molar refractivity (Wildman–Crippen MR) is 129 cm³/mol. The Morgan fingerprint density at radius 2 is 1.58 bits per heavy atom. The zero-order valence-electron chi connectivity index (χ0n) is 21.2. The van der Waals surface area contributed by atoms with E-state index in [0.29, 0.717) is 39.9 Å². The topological polar surface area (TPSA) is 136 Å². The average Bonchev–Trinajstić information content (AvgIpc) is 3.52. The van der Waals surface area contributed by atoms with Crippen LogP contribution in [0.25, 0.3) is 0 Å². The third-order valence-corrected chi connectivity index (χ3v) is 7.20. The summed E-state index contributed by atoms with van der Waals surface area (Å²) in [4.78, 5) is 36.8. The minimum Gasteiger partial charge on any atom is -0.493 e. The van der Waals surface area contributed by atoms with Gasteiger partial charge in [0, 0.05) is 30.2 Å². The van der Waals surface area contributed by atoms with Crippen LogP contribution in [-0.2, 0) is 23.9 Å². The Kier molecular flexibility index (Phi) is 6.92. The zero-order valence-corrected chi connectivity index (χ0v) is 21.2. The molecule has 1 N–H and O–H groups in total. The quantitative estimate of drug-likeness (QED) is 0.481. The molecule has 38 heavy (non-hydrogen) atoms. The van der Waals surface area contributed by atoms with Crippen molar-refractivity contribution in [2.45, 2.75) is 31.3 Å². The van der Waals surface area contributed by atoms with Crippen molar-refractivity contribution in [3.8, 4) is 28.7 Å². The molecule has 0 radical (unpaired) electrons. The van der Waals surface area contributed by atoms with Gasteiger partial charge in [-0.15, -0.1) is 0 Å². The van der Waals surface area contributed by atoms with Crippen LogP contribution in [0, 0.1) is 11.8 Å². The zero-order chi connectivity index (χ0) is 27.0. The highest BCUT2D eigenvalue weighted by atomic mass is 16.7. The maximum absolute atomic E-state index is 13.2. The smallest absolute Gasteiger partial charge is 0.310 e. The molecule has 0 aromatic heterocycles. The number of fused-ring (bicyclic) bond motifs is 3. The molecule has 11 nitrogen and oxygen atoms in total. The summed E-state index contributed by atoms with van der Waals surface area (Å²) >= 11 is 0. The Morgan fingerprint density at radius 3 is 2.18 bits per heavy atom. The fourth-order valence-corrected chi connectivity index (χ4v) is 5.53. The number of ether oxygens (including phenoxy) is 7. The molecule has 4 atom stereocenters. The van der Waals surface area contributed by atoms with E-state index in [1.54, 1.807) is 24.3 Å². The van der Waals surface area contributed by atoms with Gasteiger partial charge in [0.15, 0.2) is 23.0 Å². The van der Waals surface area contributed by atoms with Gasteiger partial charge in [-0.05, 0) is 41.8 Å². The molecule has 1 fully saturated rings. The van der Waals surface area contributed by atoms with Crippen LogP contribution in [0.15, 0.2) is 24.3 Å². The van der Waals surface area contributed by atoms with E-state index in [-0.39, 0.29) is 32.7 Å². The first-order chi connectivity index (χ1) is 18.4. The summed E-state index contributed by atoms with van der Waals surface area (Å²) in [6.07, 6.45) is -0.865. The van der Waals surface area contributed by atoms with Crippen molar-refractivity contribution in [3.05, 3.63) is 41.0 Å². The minimum absolute atomic E-state index is 0.0433. The molecule has 0 saturated carbocycles. The SMILES string of the molecule is COc1cc([C@@H]2c3cc4c(cc3[C@H](OC(=O)CCCC(=O)O)[C@H]3COC(=O)[C@H]23)OCO4)cc(OC)c1OC. The molecule has 2 aromatic carbocycles. The van der Waals surface area contributed by atoms with E-state index in [1.165, 1.54) is 21.3 Å². The lowest BCUT2D eigenvalue weighted by Crippen LogP contribution is -2.36. The summed E-state index contributed by atoms with van der Waals surface area (Å²) in [5.41, 5.74) is 2.10. The van der Waals surface area contributed by atoms with Crippen molar-refractivity contribution in [1.82, 2.24) is 0 Å². The Balaban J connectivity index is 1.62. The maximum atomic E-state index is 13.2. The van der Waals surface area contributed by atoms with Crippen molar-refractivity contribution in [2.24, 2.45) is 11.8 Å². The Labute approximate surface area is 218 Å². The predicted octanol–water partition coefficient (Wildman–Crippen LogP) is 3.22. The van der Waals surface area contributed by atoms with Crippen LogP contribution in [0.4, 0.5) is 0 Å². The third-order valence-electron chi connectivity index (χ3n) is 7.20. The lowest BCUT2D eigenvalue weighted by Gasteiger charge is -2.38. The summed E-state index contributed by atoms with van der Waals surface area (Å²) in [5.74, 6) is -1.33. The number of carbonyl (C=O) groups excluding carboxylic acids is 2. The van der Waals surface area contributed by atoms with Crippen LogP contribution in [-0.4, -0.2) is 57.7 Å². The first kappa shape index (κ1) is 25.5. The van der Waals surface area contributed by atoms with Crippen molar-refractivity contribution < 1.29 is 52.6 Å². The van der Waals surface area contributed by atoms with Crippen molar-refractivity contribution in [3.63, 3.8) is 0 Å². The van der Waals surface area contributed by atoms with E-state index in [2.05, 4.69) is 0 Å². The van der Waals surface area contributed by atoms with Gasteiger partial charge >= 0.3 is 17.9 Å². The molecule has 202 valence electrons. The lowest BCUT2D eigenvalue weighted by molar-refractivity contribution is -0.154. The Morgan fingerprint density at radius 1 is 0.921 bits per heavy atom. The standard InChI is InChI=1S/C27H28O11/c1-32-19-7-13(8-20(33-2)26(19)34-3)23-14-9-17-18(37-12-36-17)10-15(14)25(16-11-35-27(31)24(16)23)38-22(30)6-4-5-21(28)29/h7-10,16,23-25H,4-6,11-12H2,1-3H3,(H,28,29)/t16-,23+,24-,25-/m0/s1. The normalized spacial score (nSPS) is 22.7. The molecule has 0 bridgehead atoms. The van der Waals surface area contributed by atoms with Crippen molar-refractivity contribution in [2.75, 3.05) is 34.7 Å². The molecule has 1 aliphatic carbocycles. The number of esters is 2. The van der Waals surface area contributed by atoms with Crippen molar-refractivity contribution >= 4 is 17.9 Å². The minimum atomic E-state index is -0.989. The van der Waals surface area contributed by atoms with Gasteiger partial charge in [0.1, 0.15) is 6.10 Å². The Hall–Kier alpha value is -4.15. The second-order valence-corrected chi connectivity index (χ2v) is 9.25. The van der Waals surface area contributed by atoms with Gasteiger partial charge in [0.25, 0.3) is 0 Å². The number of benzene rings is 2. The van der Waals surface area contributed by atoms with Gasteiger partial charge in [0.2, 0.25) is 12.5 Å². The van der Waals surface area contributed by atoms with E-state index in [0.717, 1.165) is 5.56 Å². The fraction of sp³-hybridized carbons (Fsp3) is 0.444. The second kappa shape index (κ2) is 10.3. The molecule has 2 heterocycles.